The Hall–Kier alpha value is -5.10. The van der Waals surface area contributed by atoms with Crippen LogP contribution in [0.25, 0.3) is 53.3 Å². The van der Waals surface area contributed by atoms with Gasteiger partial charge in [0.2, 0.25) is 0 Å². The van der Waals surface area contributed by atoms with Crippen molar-refractivity contribution in [3.63, 3.8) is 0 Å². The van der Waals surface area contributed by atoms with E-state index in [2.05, 4.69) is 150 Å². The second-order valence-electron chi connectivity index (χ2n) is 10.4. The molecule has 0 N–H and O–H groups in total. The maximum absolute atomic E-state index is 4.95. The smallest absolute Gasteiger partial charge is 0.173 e. The fourth-order valence-electron chi connectivity index (χ4n) is 5.56. The van der Waals surface area contributed by atoms with Gasteiger partial charge in [-0.3, -0.25) is 0 Å². The molecule has 0 saturated carbocycles. The van der Waals surface area contributed by atoms with Crippen LogP contribution in [0.5, 0.6) is 0 Å². The molecule has 0 bridgehead atoms. The molecule has 2 aromatic heterocycles. The normalized spacial score (nSPS) is 11.3. The first kappa shape index (κ1) is 25.6. The van der Waals surface area contributed by atoms with Crippen molar-refractivity contribution in [1.82, 2.24) is 9.36 Å². The van der Waals surface area contributed by atoms with E-state index in [0.29, 0.717) is 0 Å². The van der Waals surface area contributed by atoms with Crippen LogP contribution < -0.4 is 4.90 Å². The van der Waals surface area contributed by atoms with Gasteiger partial charge in [0.15, 0.2) is 5.82 Å². The maximum Gasteiger partial charge on any atom is 0.173 e. The molecule has 0 saturated heterocycles. The first-order valence-electron chi connectivity index (χ1n) is 14.2. The number of rotatable bonds is 6. The van der Waals surface area contributed by atoms with Crippen LogP contribution in [0, 0.1) is 0 Å². The van der Waals surface area contributed by atoms with Gasteiger partial charge in [-0.05, 0) is 65.1 Å². The third kappa shape index (κ3) is 4.89. The first-order valence-corrected chi connectivity index (χ1v) is 15.8. The van der Waals surface area contributed by atoms with Gasteiger partial charge in [-0.25, -0.2) is 4.98 Å². The number of benzene rings is 6. The SMILES string of the molecule is c1ccc(-c2ccc(-c3nc(-c4cccc(N(c5ccccc5)c5ccc6c(c5)sc5ccccc56)c4)ns3)cc2)cc1. The van der Waals surface area contributed by atoms with E-state index in [-0.39, 0.29) is 0 Å². The standard InChI is InChI=1S/C38H25N3S2/c1-3-10-26(11-4-1)27-18-20-28(21-19-27)38-39-37(40-43-38)29-12-9-15-31(24-29)41(30-13-5-2-6-14-30)32-22-23-34-33-16-7-8-17-35(33)42-36(34)25-32/h1-25H. The van der Waals surface area contributed by atoms with Gasteiger partial charge in [-0.1, -0.05) is 109 Å². The highest BCUT2D eigenvalue weighted by Crippen LogP contribution is 2.41. The molecular formula is C38H25N3S2. The summed E-state index contributed by atoms with van der Waals surface area (Å²) >= 11 is 3.27. The molecular weight excluding hydrogens is 563 g/mol. The van der Waals surface area contributed by atoms with Crippen LogP contribution in [0.15, 0.2) is 152 Å². The summed E-state index contributed by atoms with van der Waals surface area (Å²) in [7, 11) is 0. The summed E-state index contributed by atoms with van der Waals surface area (Å²) in [5.41, 5.74) is 7.74. The Labute approximate surface area is 258 Å². The summed E-state index contributed by atoms with van der Waals surface area (Å²) in [6.45, 7) is 0. The molecule has 0 aliphatic rings. The molecule has 6 aromatic carbocycles. The number of para-hydroxylation sites is 1. The summed E-state index contributed by atoms with van der Waals surface area (Å²) in [5, 5.41) is 3.51. The van der Waals surface area contributed by atoms with E-state index < -0.39 is 0 Å². The summed E-state index contributed by atoms with van der Waals surface area (Å²) in [6.07, 6.45) is 0. The average molecular weight is 588 g/mol. The summed E-state index contributed by atoms with van der Waals surface area (Å²) in [5.74, 6) is 0.738. The molecule has 0 aliphatic carbocycles. The molecule has 0 spiro atoms. The van der Waals surface area contributed by atoms with Crippen molar-refractivity contribution in [2.75, 3.05) is 4.90 Å². The van der Waals surface area contributed by atoms with Crippen LogP contribution in [0.4, 0.5) is 17.1 Å². The second-order valence-corrected chi connectivity index (χ2v) is 12.2. The Bertz CT molecular complexity index is 2180. The highest BCUT2D eigenvalue weighted by atomic mass is 32.1. The molecule has 2 heterocycles. The lowest BCUT2D eigenvalue weighted by atomic mass is 10.0. The Balaban J connectivity index is 1.15. The first-order chi connectivity index (χ1) is 21.3. The maximum atomic E-state index is 4.95. The van der Waals surface area contributed by atoms with Gasteiger partial charge < -0.3 is 4.90 Å². The molecule has 0 radical (unpaired) electrons. The number of anilines is 3. The van der Waals surface area contributed by atoms with E-state index in [4.69, 9.17) is 9.36 Å². The van der Waals surface area contributed by atoms with E-state index in [1.807, 2.05) is 17.4 Å². The van der Waals surface area contributed by atoms with Crippen LogP contribution >= 0.6 is 22.9 Å². The van der Waals surface area contributed by atoms with Crippen molar-refractivity contribution in [3.05, 3.63) is 152 Å². The minimum absolute atomic E-state index is 0.738. The van der Waals surface area contributed by atoms with Crippen LogP contribution in [0.2, 0.25) is 0 Å². The number of fused-ring (bicyclic) bond motifs is 3. The number of hydrogen-bond donors (Lipinski definition) is 0. The quantitative estimate of drug-likeness (QED) is 0.194. The van der Waals surface area contributed by atoms with E-state index in [1.54, 1.807) is 0 Å². The Morgan fingerprint density at radius 1 is 0.442 bits per heavy atom. The highest BCUT2D eigenvalue weighted by molar-refractivity contribution is 7.25. The van der Waals surface area contributed by atoms with Crippen LogP contribution in [-0.4, -0.2) is 9.36 Å². The van der Waals surface area contributed by atoms with Crippen molar-refractivity contribution >= 4 is 60.1 Å². The topological polar surface area (TPSA) is 29.0 Å². The van der Waals surface area contributed by atoms with E-state index in [9.17, 15) is 0 Å². The molecule has 8 aromatic rings. The van der Waals surface area contributed by atoms with Crippen molar-refractivity contribution in [2.45, 2.75) is 0 Å². The summed E-state index contributed by atoms with van der Waals surface area (Å²) < 4.78 is 7.35. The summed E-state index contributed by atoms with van der Waals surface area (Å²) in [6, 6.07) is 53.4. The molecule has 3 nitrogen and oxygen atoms in total. The van der Waals surface area contributed by atoms with Gasteiger partial charge in [-0.2, -0.15) is 4.37 Å². The predicted molar refractivity (Wildman–Crippen MR) is 184 cm³/mol. The predicted octanol–water partition coefficient (Wildman–Crippen LogP) is 11.4. The Morgan fingerprint density at radius 3 is 1.91 bits per heavy atom. The number of nitrogens with zero attached hydrogens (tertiary/aromatic N) is 3. The molecule has 0 fully saturated rings. The summed E-state index contributed by atoms with van der Waals surface area (Å²) in [4.78, 5) is 7.26. The molecule has 8 rings (SSSR count). The molecule has 204 valence electrons. The number of aromatic nitrogens is 2. The molecule has 0 aliphatic heterocycles. The van der Waals surface area contributed by atoms with Crippen molar-refractivity contribution < 1.29 is 0 Å². The van der Waals surface area contributed by atoms with Gasteiger partial charge in [-0.15, -0.1) is 11.3 Å². The van der Waals surface area contributed by atoms with Gasteiger partial charge in [0.1, 0.15) is 5.01 Å². The zero-order valence-electron chi connectivity index (χ0n) is 23.1. The van der Waals surface area contributed by atoms with Crippen LogP contribution in [0.1, 0.15) is 0 Å². The molecule has 0 amide bonds. The minimum atomic E-state index is 0.738. The third-order valence-corrected chi connectivity index (χ3v) is 9.56. The van der Waals surface area contributed by atoms with Crippen LogP contribution in [-0.2, 0) is 0 Å². The lowest BCUT2D eigenvalue weighted by Gasteiger charge is -2.25. The van der Waals surface area contributed by atoms with Crippen molar-refractivity contribution in [3.8, 4) is 33.1 Å². The average Bonchev–Trinajstić information content (AvgIpc) is 3.72. The zero-order valence-corrected chi connectivity index (χ0v) is 24.7. The highest BCUT2D eigenvalue weighted by Gasteiger charge is 2.16. The fraction of sp³-hybridized carbons (Fsp3) is 0. The lowest BCUT2D eigenvalue weighted by Crippen LogP contribution is -2.09. The van der Waals surface area contributed by atoms with Crippen molar-refractivity contribution in [2.24, 2.45) is 0 Å². The number of thiophene rings is 1. The largest absolute Gasteiger partial charge is 0.310 e. The number of hydrogen-bond acceptors (Lipinski definition) is 5. The molecule has 0 unspecified atom stereocenters. The monoisotopic (exact) mass is 587 g/mol. The van der Waals surface area contributed by atoms with Crippen molar-refractivity contribution in [1.29, 1.82) is 0 Å². The third-order valence-electron chi connectivity index (χ3n) is 7.66. The van der Waals surface area contributed by atoms with Crippen LogP contribution in [0.3, 0.4) is 0 Å². The zero-order chi connectivity index (χ0) is 28.6. The molecule has 43 heavy (non-hydrogen) atoms. The van der Waals surface area contributed by atoms with Gasteiger partial charge in [0, 0.05) is 48.4 Å². The lowest BCUT2D eigenvalue weighted by molar-refractivity contribution is 1.28. The van der Waals surface area contributed by atoms with Gasteiger partial charge >= 0.3 is 0 Å². The van der Waals surface area contributed by atoms with E-state index >= 15 is 0 Å². The molecule has 5 heteroatoms. The second kappa shape index (κ2) is 11.0. The van der Waals surface area contributed by atoms with E-state index in [0.717, 1.165) is 39.0 Å². The van der Waals surface area contributed by atoms with Gasteiger partial charge in [0.25, 0.3) is 0 Å². The van der Waals surface area contributed by atoms with Gasteiger partial charge in [0.05, 0.1) is 0 Å². The minimum Gasteiger partial charge on any atom is -0.310 e. The Morgan fingerprint density at radius 2 is 1.07 bits per heavy atom. The Kier molecular flexibility index (Phi) is 6.52. The fourth-order valence-corrected chi connectivity index (χ4v) is 7.38. The molecule has 0 atom stereocenters. The van der Waals surface area contributed by atoms with E-state index in [1.165, 1.54) is 42.8 Å².